The Morgan fingerprint density at radius 2 is 1.69 bits per heavy atom. The van der Waals surface area contributed by atoms with Gasteiger partial charge in [-0.15, -0.1) is 11.3 Å². The summed E-state index contributed by atoms with van der Waals surface area (Å²) >= 11 is 25.9. The second-order valence-corrected chi connectivity index (χ2v) is 11.0. The first-order valence-electron chi connectivity index (χ1n) is 10.8. The average Bonchev–Trinajstić information content (AvgIpc) is 3.31. The summed E-state index contributed by atoms with van der Waals surface area (Å²) in [5.41, 5.74) is 0.580. The van der Waals surface area contributed by atoms with Crippen molar-refractivity contribution < 1.29 is 29.0 Å². The van der Waals surface area contributed by atoms with Gasteiger partial charge in [-0.1, -0.05) is 46.4 Å². The van der Waals surface area contributed by atoms with Gasteiger partial charge in [-0.2, -0.15) is 0 Å². The van der Waals surface area contributed by atoms with Gasteiger partial charge in [0.2, 0.25) is 0 Å². The van der Waals surface area contributed by atoms with Gasteiger partial charge in [0, 0.05) is 17.9 Å². The summed E-state index contributed by atoms with van der Waals surface area (Å²) in [4.78, 5) is 40.0. The molecule has 35 heavy (non-hydrogen) atoms. The highest BCUT2D eigenvalue weighted by Gasteiger charge is 2.43. The van der Waals surface area contributed by atoms with E-state index >= 15 is 0 Å². The van der Waals surface area contributed by atoms with Gasteiger partial charge in [0.25, 0.3) is 11.8 Å². The zero-order valence-electron chi connectivity index (χ0n) is 18.0. The standard InChI is InChI=1S/C22H18Cl4N2O6S/c23-15-13-14(16(24)18(26)17(15)25)21(30)28(20(13)29)6-8-5-9-10(7-34-8)35-19(12(9)22(31)32)27-11-3-1-2-4-33-11/h8,11,27H,1-7H2,(H,31,32). The van der Waals surface area contributed by atoms with Gasteiger partial charge >= 0.3 is 5.97 Å². The van der Waals surface area contributed by atoms with Crippen molar-refractivity contribution in [3.8, 4) is 0 Å². The van der Waals surface area contributed by atoms with Crippen LogP contribution < -0.4 is 5.32 Å². The maximum absolute atomic E-state index is 13.1. The van der Waals surface area contributed by atoms with Crippen molar-refractivity contribution in [2.24, 2.45) is 0 Å². The van der Waals surface area contributed by atoms with Gasteiger partial charge in [-0.05, 0) is 24.8 Å². The van der Waals surface area contributed by atoms with Crippen LogP contribution in [0.2, 0.25) is 20.1 Å². The van der Waals surface area contributed by atoms with Crippen LogP contribution in [-0.4, -0.2) is 53.3 Å². The predicted octanol–water partition coefficient (Wildman–Crippen LogP) is 5.74. The molecule has 1 fully saturated rings. The van der Waals surface area contributed by atoms with Gasteiger partial charge < -0.3 is 19.9 Å². The Labute approximate surface area is 224 Å². The smallest absolute Gasteiger partial charge is 0.338 e. The molecule has 0 spiro atoms. The van der Waals surface area contributed by atoms with E-state index < -0.39 is 23.9 Å². The van der Waals surface area contributed by atoms with Crippen molar-refractivity contribution in [2.75, 3.05) is 18.5 Å². The van der Waals surface area contributed by atoms with Crippen LogP contribution in [0.15, 0.2) is 0 Å². The van der Waals surface area contributed by atoms with E-state index in [0.29, 0.717) is 17.2 Å². The van der Waals surface area contributed by atoms with E-state index in [0.717, 1.165) is 29.0 Å². The van der Waals surface area contributed by atoms with Gasteiger partial charge in [0.15, 0.2) is 0 Å². The number of imide groups is 1. The molecular weight excluding hydrogens is 562 g/mol. The molecule has 2 amide bonds. The molecule has 1 aromatic carbocycles. The molecule has 0 radical (unpaired) electrons. The first-order chi connectivity index (χ1) is 16.7. The van der Waals surface area contributed by atoms with Gasteiger partial charge in [0.1, 0.15) is 11.2 Å². The maximum atomic E-state index is 13.1. The largest absolute Gasteiger partial charge is 0.478 e. The Kier molecular flexibility index (Phi) is 6.95. The summed E-state index contributed by atoms with van der Waals surface area (Å²) in [7, 11) is 0. The molecule has 0 saturated carbocycles. The molecule has 3 aliphatic heterocycles. The van der Waals surface area contributed by atoms with Crippen LogP contribution in [0.5, 0.6) is 0 Å². The number of benzene rings is 1. The van der Waals surface area contributed by atoms with Gasteiger partial charge in [-0.3, -0.25) is 14.5 Å². The summed E-state index contributed by atoms with van der Waals surface area (Å²) in [6.07, 6.45) is 2.11. The Morgan fingerprint density at radius 3 is 2.26 bits per heavy atom. The molecule has 1 aromatic heterocycles. The lowest BCUT2D eigenvalue weighted by Crippen LogP contribution is -2.40. The zero-order valence-corrected chi connectivity index (χ0v) is 21.8. The van der Waals surface area contributed by atoms with Crippen LogP contribution >= 0.6 is 57.7 Å². The van der Waals surface area contributed by atoms with Crippen LogP contribution in [0.3, 0.4) is 0 Å². The van der Waals surface area contributed by atoms with Crippen molar-refractivity contribution >= 4 is 80.5 Å². The molecule has 8 nitrogen and oxygen atoms in total. The SMILES string of the molecule is O=C(O)c1c(NC2CCCCO2)sc2c1CC(CN1C(=O)c3c(Cl)c(Cl)c(Cl)c(Cl)c3C1=O)OC2. The van der Waals surface area contributed by atoms with E-state index in [1.54, 1.807) is 0 Å². The number of thiophene rings is 1. The molecule has 13 heteroatoms. The summed E-state index contributed by atoms with van der Waals surface area (Å²) < 4.78 is 11.6. The highest BCUT2D eigenvalue weighted by Crippen LogP contribution is 2.45. The molecular formula is C22H18Cl4N2O6S. The maximum Gasteiger partial charge on any atom is 0.338 e. The van der Waals surface area contributed by atoms with E-state index in [4.69, 9.17) is 55.9 Å². The molecule has 186 valence electrons. The van der Waals surface area contributed by atoms with Crippen molar-refractivity contribution in [3.63, 3.8) is 0 Å². The second kappa shape index (κ2) is 9.70. The number of nitrogens with one attached hydrogen (secondary N) is 1. The van der Waals surface area contributed by atoms with E-state index in [1.807, 2.05) is 0 Å². The van der Waals surface area contributed by atoms with E-state index in [1.165, 1.54) is 11.3 Å². The number of nitrogens with zero attached hydrogens (tertiary/aromatic N) is 1. The summed E-state index contributed by atoms with van der Waals surface area (Å²) in [5, 5.41) is 13.2. The van der Waals surface area contributed by atoms with Crippen LogP contribution in [0.4, 0.5) is 5.00 Å². The summed E-state index contributed by atoms with van der Waals surface area (Å²) in [6.45, 7) is 0.665. The number of anilines is 1. The lowest BCUT2D eigenvalue weighted by Gasteiger charge is -2.27. The van der Waals surface area contributed by atoms with Crippen LogP contribution in [0.25, 0.3) is 0 Å². The first kappa shape index (κ1) is 25.1. The Hall–Kier alpha value is -1.59. The highest BCUT2D eigenvalue weighted by atomic mass is 35.5. The quantitative estimate of drug-likeness (QED) is 0.264. The first-order valence-corrected chi connectivity index (χ1v) is 13.1. The number of carboxylic acid groups (broad SMARTS) is 1. The fourth-order valence-electron chi connectivity index (χ4n) is 4.54. The van der Waals surface area contributed by atoms with Crippen molar-refractivity contribution in [3.05, 3.63) is 47.2 Å². The molecule has 2 N–H and O–H groups in total. The van der Waals surface area contributed by atoms with Gasteiger partial charge in [-0.25, -0.2) is 4.79 Å². The molecule has 5 rings (SSSR count). The highest BCUT2D eigenvalue weighted by molar-refractivity contribution is 7.16. The third-order valence-electron chi connectivity index (χ3n) is 6.23. The number of hydrogen-bond acceptors (Lipinski definition) is 7. The average molecular weight is 580 g/mol. The van der Waals surface area contributed by atoms with Crippen LogP contribution in [0, 0.1) is 0 Å². The molecule has 1 saturated heterocycles. The number of hydrogen-bond donors (Lipinski definition) is 2. The van der Waals surface area contributed by atoms with E-state index in [2.05, 4.69) is 5.32 Å². The lowest BCUT2D eigenvalue weighted by atomic mass is 10.0. The normalized spacial score (nSPS) is 21.8. The number of carbonyl (C=O) groups is 3. The lowest BCUT2D eigenvalue weighted by molar-refractivity contribution is 0.00931. The van der Waals surface area contributed by atoms with E-state index in [9.17, 15) is 19.5 Å². The second-order valence-electron chi connectivity index (χ2n) is 8.38. The number of amides is 2. The van der Waals surface area contributed by atoms with Crippen molar-refractivity contribution in [1.29, 1.82) is 0 Å². The number of carboxylic acids is 1. The number of ether oxygens (including phenoxy) is 2. The Balaban J connectivity index is 1.39. The molecule has 3 aliphatic rings. The molecule has 4 heterocycles. The van der Waals surface area contributed by atoms with Crippen LogP contribution in [-0.2, 0) is 22.5 Å². The zero-order chi connectivity index (χ0) is 25.0. The fraction of sp³-hybridized carbons (Fsp3) is 0.409. The minimum absolute atomic E-state index is 0.103. The van der Waals surface area contributed by atoms with Gasteiger partial charge in [0.05, 0.1) is 56.0 Å². The third-order valence-corrected chi connectivity index (χ3v) is 9.17. The molecule has 2 aromatic rings. The Morgan fingerprint density at radius 1 is 1.03 bits per heavy atom. The fourth-order valence-corrected chi connectivity index (χ4v) is 6.73. The molecule has 2 unspecified atom stereocenters. The number of aromatic carboxylic acids is 1. The monoisotopic (exact) mass is 578 g/mol. The topological polar surface area (TPSA) is 105 Å². The summed E-state index contributed by atoms with van der Waals surface area (Å²) in [5.74, 6) is -2.39. The molecule has 0 bridgehead atoms. The number of rotatable bonds is 5. The van der Waals surface area contributed by atoms with Crippen LogP contribution in [0.1, 0.15) is 60.8 Å². The molecule has 0 aliphatic carbocycles. The summed E-state index contributed by atoms with van der Waals surface area (Å²) in [6, 6.07) is 0. The number of halogens is 4. The minimum atomic E-state index is -1.06. The van der Waals surface area contributed by atoms with Crippen molar-refractivity contribution in [1.82, 2.24) is 4.90 Å². The number of fused-ring (bicyclic) bond motifs is 2. The third kappa shape index (κ3) is 4.31. The van der Waals surface area contributed by atoms with Crippen molar-refractivity contribution in [2.45, 2.75) is 44.6 Å². The number of carbonyl (C=O) groups excluding carboxylic acids is 2. The minimum Gasteiger partial charge on any atom is -0.478 e. The predicted molar refractivity (Wildman–Crippen MR) is 133 cm³/mol. The molecule has 2 atom stereocenters. The van der Waals surface area contributed by atoms with E-state index in [-0.39, 0.29) is 62.6 Å². The Bertz CT molecular complexity index is 1210.